The van der Waals surface area contributed by atoms with E-state index in [1.54, 1.807) is 7.05 Å². The zero-order valence-electron chi connectivity index (χ0n) is 18.6. The predicted octanol–water partition coefficient (Wildman–Crippen LogP) is 3.42. The van der Waals surface area contributed by atoms with Crippen molar-refractivity contribution in [3.63, 3.8) is 0 Å². The summed E-state index contributed by atoms with van der Waals surface area (Å²) in [5.41, 5.74) is 4.24. The molecule has 0 fully saturated rings. The van der Waals surface area contributed by atoms with Crippen molar-refractivity contribution in [2.24, 2.45) is 7.05 Å². The van der Waals surface area contributed by atoms with Crippen molar-refractivity contribution in [1.82, 2.24) is 23.1 Å². The summed E-state index contributed by atoms with van der Waals surface area (Å²) in [6.45, 7) is 6.33. The largest absolute Gasteiger partial charge is 0.332 e. The Morgan fingerprint density at radius 3 is 2.47 bits per heavy atom. The van der Waals surface area contributed by atoms with Crippen LogP contribution in [0.2, 0.25) is 0 Å². The van der Waals surface area contributed by atoms with E-state index in [1.807, 2.05) is 66.9 Å². The van der Waals surface area contributed by atoms with E-state index in [0.717, 1.165) is 22.4 Å². The number of benzene rings is 2. The molecule has 3 heterocycles. The van der Waals surface area contributed by atoms with Gasteiger partial charge in [-0.05, 0) is 31.9 Å². The van der Waals surface area contributed by atoms with Crippen molar-refractivity contribution in [1.29, 1.82) is 0 Å². The Kier molecular flexibility index (Phi) is 4.62. The molecule has 0 spiro atoms. The third-order valence-corrected chi connectivity index (χ3v) is 6.16. The maximum absolute atomic E-state index is 13.5. The predicted molar refractivity (Wildman–Crippen MR) is 125 cm³/mol. The lowest BCUT2D eigenvalue weighted by atomic mass is 10.1. The number of hydrogen-bond donors (Lipinski definition) is 0. The molecule has 1 atom stereocenters. The van der Waals surface area contributed by atoms with Crippen LogP contribution in [0.1, 0.15) is 35.3 Å². The molecule has 5 aromatic rings. The van der Waals surface area contributed by atoms with Gasteiger partial charge < -0.3 is 4.57 Å². The lowest BCUT2D eigenvalue weighted by molar-refractivity contribution is 0.638. The Bertz CT molecular complexity index is 1580. The molecule has 0 radical (unpaired) electrons. The van der Waals surface area contributed by atoms with E-state index < -0.39 is 0 Å². The van der Waals surface area contributed by atoms with Crippen LogP contribution in [0.5, 0.6) is 0 Å². The molecule has 7 heteroatoms. The normalized spacial score (nSPS) is 12.6. The number of nitrogens with zero attached hydrogens (tertiary/aromatic N) is 5. The van der Waals surface area contributed by atoms with Gasteiger partial charge in [0.25, 0.3) is 5.56 Å². The molecular formula is C25H25N5O2. The summed E-state index contributed by atoms with van der Waals surface area (Å²) in [4.78, 5) is 31.3. The van der Waals surface area contributed by atoms with Gasteiger partial charge in [-0.3, -0.25) is 18.3 Å². The van der Waals surface area contributed by atoms with Gasteiger partial charge in [-0.15, -0.1) is 0 Å². The Morgan fingerprint density at radius 1 is 1.00 bits per heavy atom. The van der Waals surface area contributed by atoms with Gasteiger partial charge in [0.05, 0.1) is 12.6 Å². The van der Waals surface area contributed by atoms with Crippen molar-refractivity contribution in [3.05, 3.63) is 104 Å². The molecule has 3 aromatic heterocycles. The van der Waals surface area contributed by atoms with Gasteiger partial charge in [0, 0.05) is 18.9 Å². The van der Waals surface area contributed by atoms with Crippen molar-refractivity contribution >= 4 is 16.9 Å². The summed E-state index contributed by atoms with van der Waals surface area (Å²) in [7, 11) is 1.67. The van der Waals surface area contributed by atoms with E-state index in [2.05, 4.69) is 23.6 Å². The zero-order valence-corrected chi connectivity index (χ0v) is 18.6. The summed E-state index contributed by atoms with van der Waals surface area (Å²) in [6, 6.07) is 18.0. The van der Waals surface area contributed by atoms with Gasteiger partial charge in [-0.2, -0.15) is 4.98 Å². The average Bonchev–Trinajstić information content (AvgIpc) is 3.30. The molecule has 0 amide bonds. The van der Waals surface area contributed by atoms with Gasteiger partial charge in [-0.25, -0.2) is 4.79 Å². The first-order valence-electron chi connectivity index (χ1n) is 10.7. The molecule has 0 saturated carbocycles. The summed E-state index contributed by atoms with van der Waals surface area (Å²) < 4.78 is 6.67. The Labute approximate surface area is 184 Å². The standard InChI is InChI=1S/C25H25N5O2/c1-16-9-8-10-19(13-16)15-29-23(31)21-22(27(4)25(29)32)26-24-28(21)14-17(2)30(24)18(3)20-11-6-5-7-12-20/h5-14,18H,15H2,1-4H3/t18-/m0/s1. The smallest absolute Gasteiger partial charge is 0.307 e. The summed E-state index contributed by atoms with van der Waals surface area (Å²) in [5, 5.41) is 0. The molecule has 0 unspecified atom stereocenters. The first-order valence-corrected chi connectivity index (χ1v) is 10.7. The molecule has 2 aromatic carbocycles. The summed E-state index contributed by atoms with van der Waals surface area (Å²) in [6.07, 6.45) is 1.92. The van der Waals surface area contributed by atoms with Crippen molar-refractivity contribution in [2.45, 2.75) is 33.4 Å². The molecule has 5 rings (SSSR count). The fourth-order valence-corrected chi connectivity index (χ4v) is 4.52. The summed E-state index contributed by atoms with van der Waals surface area (Å²) in [5.74, 6) is 0.647. The second-order valence-electron chi connectivity index (χ2n) is 8.40. The lowest BCUT2D eigenvalue weighted by Crippen LogP contribution is -2.39. The molecule has 0 N–H and O–H groups in total. The minimum atomic E-state index is -0.371. The molecule has 7 nitrogen and oxygen atoms in total. The number of hydrogen-bond acceptors (Lipinski definition) is 3. The van der Waals surface area contributed by atoms with Crippen LogP contribution in [0.3, 0.4) is 0 Å². The van der Waals surface area contributed by atoms with Gasteiger partial charge in [-0.1, -0.05) is 60.2 Å². The Hall–Kier alpha value is -3.87. The topological polar surface area (TPSA) is 66.2 Å². The van der Waals surface area contributed by atoms with Crippen LogP contribution in [0, 0.1) is 13.8 Å². The van der Waals surface area contributed by atoms with Crippen LogP contribution in [-0.4, -0.2) is 23.1 Å². The van der Waals surface area contributed by atoms with Crippen molar-refractivity contribution in [3.8, 4) is 0 Å². The van der Waals surface area contributed by atoms with E-state index in [1.165, 1.54) is 9.13 Å². The fraction of sp³-hybridized carbons (Fsp3) is 0.240. The van der Waals surface area contributed by atoms with Gasteiger partial charge in [0.1, 0.15) is 0 Å². The number of aromatic nitrogens is 5. The highest BCUT2D eigenvalue weighted by molar-refractivity contribution is 5.75. The van der Waals surface area contributed by atoms with Gasteiger partial charge in [0.2, 0.25) is 5.78 Å². The number of imidazole rings is 2. The monoisotopic (exact) mass is 427 g/mol. The average molecular weight is 428 g/mol. The molecule has 162 valence electrons. The minimum absolute atomic E-state index is 0.0251. The van der Waals surface area contributed by atoms with Crippen LogP contribution in [0.25, 0.3) is 16.9 Å². The second-order valence-corrected chi connectivity index (χ2v) is 8.40. The van der Waals surface area contributed by atoms with E-state index in [9.17, 15) is 9.59 Å². The SMILES string of the molecule is Cc1cccc(Cn2c(=O)c3c(nc4n([C@@H](C)c5ccccc5)c(C)cn34)n(C)c2=O)c1. The molecule has 0 aliphatic carbocycles. The van der Waals surface area contributed by atoms with Crippen LogP contribution < -0.4 is 11.2 Å². The summed E-state index contributed by atoms with van der Waals surface area (Å²) >= 11 is 0. The highest BCUT2D eigenvalue weighted by Crippen LogP contribution is 2.25. The quantitative estimate of drug-likeness (QED) is 0.441. The van der Waals surface area contributed by atoms with Gasteiger partial charge in [0.15, 0.2) is 11.2 Å². The van der Waals surface area contributed by atoms with E-state index in [0.29, 0.717) is 16.9 Å². The van der Waals surface area contributed by atoms with E-state index in [-0.39, 0.29) is 23.8 Å². The molecule has 0 saturated heterocycles. The number of fused-ring (bicyclic) bond motifs is 3. The highest BCUT2D eigenvalue weighted by atomic mass is 16.2. The third-order valence-electron chi connectivity index (χ3n) is 6.16. The minimum Gasteiger partial charge on any atom is -0.307 e. The molecule has 0 bridgehead atoms. The first-order chi connectivity index (χ1) is 15.4. The first kappa shape index (κ1) is 20.1. The Balaban J connectivity index is 1.75. The number of rotatable bonds is 4. The second kappa shape index (κ2) is 7.37. The molecule has 0 aliphatic rings. The van der Waals surface area contributed by atoms with Crippen LogP contribution in [0.4, 0.5) is 0 Å². The highest BCUT2D eigenvalue weighted by Gasteiger charge is 2.22. The van der Waals surface area contributed by atoms with Crippen molar-refractivity contribution in [2.75, 3.05) is 0 Å². The maximum atomic E-state index is 13.5. The molecule has 0 aliphatic heterocycles. The Morgan fingerprint density at radius 2 is 1.75 bits per heavy atom. The van der Waals surface area contributed by atoms with E-state index >= 15 is 0 Å². The van der Waals surface area contributed by atoms with Crippen LogP contribution >= 0.6 is 0 Å². The van der Waals surface area contributed by atoms with Crippen LogP contribution in [-0.2, 0) is 13.6 Å². The zero-order chi connectivity index (χ0) is 22.6. The van der Waals surface area contributed by atoms with Gasteiger partial charge >= 0.3 is 5.69 Å². The van der Waals surface area contributed by atoms with Crippen LogP contribution in [0.15, 0.2) is 70.4 Å². The fourth-order valence-electron chi connectivity index (χ4n) is 4.52. The molecular weight excluding hydrogens is 402 g/mol. The molecule has 32 heavy (non-hydrogen) atoms. The number of aryl methyl sites for hydroxylation is 3. The van der Waals surface area contributed by atoms with Crippen molar-refractivity contribution < 1.29 is 0 Å². The van der Waals surface area contributed by atoms with E-state index in [4.69, 9.17) is 4.98 Å². The third kappa shape index (κ3) is 3.00. The lowest BCUT2D eigenvalue weighted by Gasteiger charge is -2.16. The maximum Gasteiger partial charge on any atom is 0.332 e.